The maximum absolute atomic E-state index is 2.40. The van der Waals surface area contributed by atoms with Crippen molar-refractivity contribution in [3.05, 3.63) is 35.4 Å². The van der Waals surface area contributed by atoms with Gasteiger partial charge in [0.05, 0.1) is 0 Å². The molecule has 0 saturated heterocycles. The van der Waals surface area contributed by atoms with Crippen molar-refractivity contribution in [3.8, 4) is 0 Å². The summed E-state index contributed by atoms with van der Waals surface area (Å²) >= 11 is 0. The van der Waals surface area contributed by atoms with E-state index in [1.165, 1.54) is 11.1 Å². The molecule has 0 spiro atoms. The number of rotatable bonds is 0. The van der Waals surface area contributed by atoms with E-state index in [9.17, 15) is 0 Å². The molecule has 0 heteroatoms. The largest absolute Gasteiger partial charge is 0.0620 e. The van der Waals surface area contributed by atoms with Crippen molar-refractivity contribution in [2.24, 2.45) is 5.41 Å². The Kier molecular flexibility index (Phi) is 1.91. The Morgan fingerprint density at radius 1 is 0.667 bits per heavy atom. The zero-order valence-corrected chi connectivity index (χ0v) is 10.8. The van der Waals surface area contributed by atoms with Crippen molar-refractivity contribution in [2.45, 2.75) is 52.4 Å². The van der Waals surface area contributed by atoms with Crippen molar-refractivity contribution < 1.29 is 0 Å². The molecule has 0 unspecified atom stereocenters. The number of hydrogen-bond acceptors (Lipinski definition) is 0. The van der Waals surface area contributed by atoms with E-state index >= 15 is 0 Å². The normalized spacial score (nSPS) is 24.9. The molecule has 0 atom stereocenters. The Morgan fingerprint density at radius 3 is 1.33 bits per heavy atom. The first-order valence-corrected chi connectivity index (χ1v) is 5.83. The lowest BCUT2D eigenvalue weighted by Gasteiger charge is -2.44. The van der Waals surface area contributed by atoms with E-state index < -0.39 is 0 Å². The van der Waals surface area contributed by atoms with E-state index in [0.717, 1.165) is 0 Å². The van der Waals surface area contributed by atoms with Gasteiger partial charge < -0.3 is 0 Å². The van der Waals surface area contributed by atoms with Crippen LogP contribution in [0, 0.1) is 5.41 Å². The van der Waals surface area contributed by atoms with Crippen molar-refractivity contribution in [2.75, 3.05) is 0 Å². The molecule has 82 valence electrons. The van der Waals surface area contributed by atoms with Gasteiger partial charge in [-0.1, -0.05) is 65.8 Å². The molecule has 0 aliphatic heterocycles. The van der Waals surface area contributed by atoms with Crippen molar-refractivity contribution in [1.29, 1.82) is 0 Å². The fourth-order valence-corrected chi connectivity index (χ4v) is 3.03. The molecule has 0 saturated carbocycles. The molecule has 15 heavy (non-hydrogen) atoms. The third-order valence-corrected chi connectivity index (χ3v) is 5.40. The van der Waals surface area contributed by atoms with Crippen molar-refractivity contribution in [1.82, 2.24) is 0 Å². The van der Waals surface area contributed by atoms with Crippen LogP contribution in [0.1, 0.15) is 52.7 Å². The fraction of sp³-hybridized carbons (Fsp3) is 0.600. The Labute approximate surface area is 93.7 Å². The molecule has 1 aliphatic carbocycles. The minimum Gasteiger partial charge on any atom is -0.0620 e. The second kappa shape index (κ2) is 2.66. The quantitative estimate of drug-likeness (QED) is 0.589. The molecule has 0 bridgehead atoms. The van der Waals surface area contributed by atoms with E-state index in [1.807, 2.05) is 0 Å². The molecule has 0 amide bonds. The van der Waals surface area contributed by atoms with Crippen molar-refractivity contribution in [3.63, 3.8) is 0 Å². The van der Waals surface area contributed by atoms with Crippen LogP contribution >= 0.6 is 0 Å². The van der Waals surface area contributed by atoms with E-state index in [1.54, 1.807) is 0 Å². The molecule has 2 rings (SSSR count). The van der Waals surface area contributed by atoms with E-state index in [0.29, 0.717) is 5.41 Å². The van der Waals surface area contributed by atoms with Crippen LogP contribution in [0.25, 0.3) is 0 Å². The second-order valence-corrected chi connectivity index (χ2v) is 6.42. The third-order valence-electron chi connectivity index (χ3n) is 5.40. The van der Waals surface area contributed by atoms with Crippen molar-refractivity contribution >= 4 is 0 Å². The maximum atomic E-state index is 2.40. The lowest BCUT2D eigenvalue weighted by molar-refractivity contribution is 0.125. The summed E-state index contributed by atoms with van der Waals surface area (Å²) in [5.41, 5.74) is 3.86. The minimum absolute atomic E-state index is 0.257. The van der Waals surface area contributed by atoms with Gasteiger partial charge in [0.15, 0.2) is 0 Å². The molecule has 1 aliphatic rings. The fourth-order valence-electron chi connectivity index (χ4n) is 3.03. The molecular formula is C15H22. The lowest BCUT2D eigenvalue weighted by Crippen LogP contribution is -2.42. The Hall–Kier alpha value is -0.780. The summed E-state index contributed by atoms with van der Waals surface area (Å²) in [4.78, 5) is 0. The van der Waals surface area contributed by atoms with E-state index in [4.69, 9.17) is 0 Å². The molecule has 1 aromatic rings. The lowest BCUT2D eigenvalue weighted by atomic mass is 9.59. The van der Waals surface area contributed by atoms with Gasteiger partial charge in [0.1, 0.15) is 0 Å². The first-order valence-electron chi connectivity index (χ1n) is 5.83. The van der Waals surface area contributed by atoms with Crippen LogP contribution in [-0.4, -0.2) is 0 Å². The van der Waals surface area contributed by atoms with Crippen LogP contribution in [0.4, 0.5) is 0 Å². The predicted molar refractivity (Wildman–Crippen MR) is 66.3 cm³/mol. The standard InChI is InChI=1S/C15H22/c1-13(2)11-9-7-8-10-12(11)14(3,4)15(13,5)6/h7-10H,1-6H3. The van der Waals surface area contributed by atoms with Gasteiger partial charge in [-0.3, -0.25) is 0 Å². The topological polar surface area (TPSA) is 0 Å². The van der Waals surface area contributed by atoms with Gasteiger partial charge >= 0.3 is 0 Å². The van der Waals surface area contributed by atoms with Gasteiger partial charge in [0, 0.05) is 0 Å². The van der Waals surface area contributed by atoms with E-state index in [-0.39, 0.29) is 10.8 Å². The molecule has 0 nitrogen and oxygen atoms in total. The zero-order valence-electron chi connectivity index (χ0n) is 10.8. The maximum Gasteiger partial charge on any atom is -0.00412 e. The smallest absolute Gasteiger partial charge is 0.00412 e. The Morgan fingerprint density at radius 2 is 1.00 bits per heavy atom. The molecule has 0 heterocycles. The highest BCUT2D eigenvalue weighted by molar-refractivity contribution is 5.48. The number of hydrogen-bond donors (Lipinski definition) is 0. The van der Waals surface area contributed by atoms with Gasteiger partial charge in [0.2, 0.25) is 0 Å². The average molecular weight is 202 g/mol. The molecule has 0 fully saturated rings. The minimum atomic E-state index is 0.257. The highest BCUT2D eigenvalue weighted by atomic mass is 14.6. The van der Waals surface area contributed by atoms with Crippen LogP contribution in [0.15, 0.2) is 24.3 Å². The molecule has 0 N–H and O–H groups in total. The monoisotopic (exact) mass is 202 g/mol. The molecule has 1 aromatic carbocycles. The number of benzene rings is 1. The highest BCUT2D eigenvalue weighted by Gasteiger charge is 2.56. The average Bonchev–Trinajstić information content (AvgIpc) is 2.26. The summed E-state index contributed by atoms with van der Waals surface area (Å²) in [6.45, 7) is 14.3. The van der Waals surface area contributed by atoms with Crippen LogP contribution < -0.4 is 0 Å². The molecular weight excluding hydrogens is 180 g/mol. The SMILES string of the molecule is CC1(C)c2ccccc2C(C)(C)C1(C)C. The van der Waals surface area contributed by atoms with Gasteiger partial charge in [0.25, 0.3) is 0 Å². The highest BCUT2D eigenvalue weighted by Crippen LogP contribution is 2.61. The Balaban J connectivity index is 2.78. The van der Waals surface area contributed by atoms with Gasteiger partial charge in [-0.15, -0.1) is 0 Å². The molecule has 0 radical (unpaired) electrons. The first-order chi connectivity index (χ1) is 6.73. The summed E-state index contributed by atoms with van der Waals surface area (Å²) < 4.78 is 0. The number of fused-ring (bicyclic) bond motifs is 1. The Bertz CT molecular complexity index is 357. The summed E-state index contributed by atoms with van der Waals surface area (Å²) in [5.74, 6) is 0. The van der Waals surface area contributed by atoms with Crippen LogP contribution in [0.5, 0.6) is 0 Å². The van der Waals surface area contributed by atoms with Gasteiger partial charge in [-0.2, -0.15) is 0 Å². The van der Waals surface area contributed by atoms with E-state index in [2.05, 4.69) is 65.8 Å². The zero-order chi connectivity index (χ0) is 11.5. The predicted octanol–water partition coefficient (Wildman–Crippen LogP) is 4.28. The van der Waals surface area contributed by atoms with Crippen LogP contribution in [0.2, 0.25) is 0 Å². The summed E-state index contributed by atoms with van der Waals surface area (Å²) in [7, 11) is 0. The molecule has 0 aromatic heterocycles. The summed E-state index contributed by atoms with van der Waals surface area (Å²) in [6.07, 6.45) is 0. The first kappa shape index (κ1) is 10.7. The summed E-state index contributed by atoms with van der Waals surface area (Å²) in [5, 5.41) is 0. The van der Waals surface area contributed by atoms with Crippen LogP contribution in [0.3, 0.4) is 0 Å². The second-order valence-electron chi connectivity index (χ2n) is 6.42. The van der Waals surface area contributed by atoms with Gasteiger partial charge in [-0.05, 0) is 27.4 Å². The van der Waals surface area contributed by atoms with Crippen LogP contribution in [-0.2, 0) is 10.8 Å². The third kappa shape index (κ3) is 1.03. The summed E-state index contributed by atoms with van der Waals surface area (Å²) in [6, 6.07) is 8.92. The van der Waals surface area contributed by atoms with Gasteiger partial charge in [-0.25, -0.2) is 0 Å².